The van der Waals surface area contributed by atoms with Gasteiger partial charge in [-0.25, -0.2) is 0 Å². The molecule has 3 N–H and O–H groups in total. The number of nitrogens with two attached hydrogens (primary N) is 1. The van der Waals surface area contributed by atoms with Gasteiger partial charge in [0.1, 0.15) is 12.4 Å². The molecule has 5 heteroatoms. The number of rotatable bonds is 4. The summed E-state index contributed by atoms with van der Waals surface area (Å²) in [7, 11) is 0. The molecule has 2 rings (SSSR count). The smallest absolute Gasteiger partial charge is 0.170 e. The molecule has 0 bridgehead atoms. The van der Waals surface area contributed by atoms with Crippen LogP contribution in [0.2, 0.25) is 0 Å². The fourth-order valence-electron chi connectivity index (χ4n) is 1.92. The van der Waals surface area contributed by atoms with Crippen LogP contribution in [-0.4, -0.2) is 11.0 Å². The van der Waals surface area contributed by atoms with Crippen LogP contribution < -0.4 is 10.5 Å². The van der Waals surface area contributed by atoms with Gasteiger partial charge in [0, 0.05) is 10.4 Å². The van der Waals surface area contributed by atoms with Crippen molar-refractivity contribution in [2.75, 3.05) is 0 Å². The van der Waals surface area contributed by atoms with Crippen molar-refractivity contribution in [2.45, 2.75) is 20.5 Å². The predicted octanol–water partition coefficient (Wildman–Crippen LogP) is 3.04. The summed E-state index contributed by atoms with van der Waals surface area (Å²) >= 11 is 1.67. The molecule has 0 amide bonds. The highest BCUT2D eigenvalue weighted by atomic mass is 32.1. The van der Waals surface area contributed by atoms with Crippen molar-refractivity contribution < 1.29 is 9.94 Å². The van der Waals surface area contributed by atoms with Gasteiger partial charge in [-0.3, -0.25) is 0 Å². The Morgan fingerprint density at radius 3 is 2.58 bits per heavy atom. The van der Waals surface area contributed by atoms with Crippen LogP contribution in [0.5, 0.6) is 5.75 Å². The van der Waals surface area contributed by atoms with E-state index in [9.17, 15) is 0 Å². The van der Waals surface area contributed by atoms with Crippen molar-refractivity contribution >= 4 is 17.2 Å². The molecule has 0 fully saturated rings. The minimum atomic E-state index is 0.107. The van der Waals surface area contributed by atoms with Gasteiger partial charge in [-0.05, 0) is 48.6 Å². The molecule has 0 unspecified atom stereocenters. The number of amidine groups is 1. The van der Waals surface area contributed by atoms with Crippen molar-refractivity contribution in [3.63, 3.8) is 0 Å². The summed E-state index contributed by atoms with van der Waals surface area (Å²) in [4.78, 5) is 1.18. The van der Waals surface area contributed by atoms with E-state index >= 15 is 0 Å². The zero-order valence-electron chi connectivity index (χ0n) is 10.9. The second-order valence-electron chi connectivity index (χ2n) is 4.29. The number of hydrogen-bond donors (Lipinski definition) is 2. The second-order valence-corrected chi connectivity index (χ2v) is 5.32. The molecule has 0 aliphatic heterocycles. The molecule has 4 nitrogen and oxygen atoms in total. The summed E-state index contributed by atoms with van der Waals surface area (Å²) in [5, 5.41) is 13.7. The van der Waals surface area contributed by atoms with Crippen LogP contribution in [-0.2, 0) is 6.61 Å². The Labute approximate surface area is 116 Å². The molecule has 1 aromatic heterocycles. The van der Waals surface area contributed by atoms with Gasteiger partial charge >= 0.3 is 0 Å². The Hall–Kier alpha value is -2.01. The third-order valence-electron chi connectivity index (χ3n) is 2.80. The van der Waals surface area contributed by atoms with Gasteiger partial charge < -0.3 is 15.7 Å². The van der Waals surface area contributed by atoms with Crippen LogP contribution in [0, 0.1) is 13.8 Å². The standard InChI is InChI=1S/C14H16N2O2S/c1-9-6-11(14(15)16-17)7-10(2)13(9)18-8-12-4-3-5-19-12/h3-7,17H,8H2,1-2H3,(H2,15,16). The van der Waals surface area contributed by atoms with Gasteiger partial charge in [0.15, 0.2) is 5.84 Å². The maximum absolute atomic E-state index is 8.70. The summed E-state index contributed by atoms with van der Waals surface area (Å²) in [5.41, 5.74) is 8.23. The van der Waals surface area contributed by atoms with Crippen LogP contribution >= 0.6 is 11.3 Å². The van der Waals surface area contributed by atoms with E-state index in [0.29, 0.717) is 12.2 Å². The molecule has 0 aliphatic rings. The SMILES string of the molecule is Cc1cc(C(N)=NO)cc(C)c1OCc1cccs1. The number of nitrogens with zero attached hydrogens (tertiary/aromatic N) is 1. The molecule has 2 aromatic rings. The summed E-state index contributed by atoms with van der Waals surface area (Å²) in [6, 6.07) is 7.75. The fourth-order valence-corrected chi connectivity index (χ4v) is 2.54. The maximum atomic E-state index is 8.70. The normalized spacial score (nSPS) is 11.6. The van der Waals surface area contributed by atoms with Crippen molar-refractivity contribution in [1.29, 1.82) is 0 Å². The largest absolute Gasteiger partial charge is 0.488 e. The lowest BCUT2D eigenvalue weighted by molar-refractivity contribution is 0.305. The molecular weight excluding hydrogens is 260 g/mol. The molecule has 0 atom stereocenters. The Morgan fingerprint density at radius 2 is 2.05 bits per heavy atom. The number of aryl methyl sites for hydroxylation is 2. The Bertz CT molecular complexity index is 568. The molecule has 0 spiro atoms. The number of benzene rings is 1. The molecular formula is C14H16N2O2S. The molecule has 0 saturated heterocycles. The first-order valence-corrected chi connectivity index (χ1v) is 6.74. The van der Waals surface area contributed by atoms with E-state index in [0.717, 1.165) is 16.9 Å². The minimum absolute atomic E-state index is 0.107. The maximum Gasteiger partial charge on any atom is 0.170 e. The van der Waals surface area contributed by atoms with E-state index in [2.05, 4.69) is 5.16 Å². The zero-order valence-corrected chi connectivity index (χ0v) is 11.7. The van der Waals surface area contributed by atoms with Crippen molar-refractivity contribution in [1.82, 2.24) is 0 Å². The van der Waals surface area contributed by atoms with Crippen LogP contribution in [0.25, 0.3) is 0 Å². The van der Waals surface area contributed by atoms with Crippen LogP contribution in [0.1, 0.15) is 21.6 Å². The second kappa shape index (κ2) is 5.75. The monoisotopic (exact) mass is 276 g/mol. The summed E-state index contributed by atoms with van der Waals surface area (Å²) in [6.45, 7) is 4.46. The highest BCUT2D eigenvalue weighted by Gasteiger charge is 2.09. The van der Waals surface area contributed by atoms with Crippen LogP contribution in [0.15, 0.2) is 34.8 Å². The lowest BCUT2D eigenvalue weighted by Crippen LogP contribution is -2.13. The first-order valence-electron chi connectivity index (χ1n) is 5.86. The van der Waals surface area contributed by atoms with Crippen LogP contribution in [0.3, 0.4) is 0 Å². The zero-order chi connectivity index (χ0) is 13.8. The average Bonchev–Trinajstić information content (AvgIpc) is 2.89. The molecule has 19 heavy (non-hydrogen) atoms. The molecule has 0 radical (unpaired) electrons. The summed E-state index contributed by atoms with van der Waals surface area (Å²) in [5.74, 6) is 0.957. The quantitative estimate of drug-likeness (QED) is 0.390. The lowest BCUT2D eigenvalue weighted by Gasteiger charge is -2.13. The van der Waals surface area contributed by atoms with Gasteiger partial charge in [0.05, 0.1) is 0 Å². The topological polar surface area (TPSA) is 67.8 Å². The van der Waals surface area contributed by atoms with Crippen LogP contribution in [0.4, 0.5) is 0 Å². The number of thiophene rings is 1. The summed E-state index contributed by atoms with van der Waals surface area (Å²) in [6.07, 6.45) is 0. The first kappa shape index (κ1) is 13.4. The Morgan fingerprint density at radius 1 is 1.37 bits per heavy atom. The minimum Gasteiger partial charge on any atom is -0.488 e. The van der Waals surface area contributed by atoms with Gasteiger partial charge in [-0.1, -0.05) is 11.2 Å². The van der Waals surface area contributed by atoms with E-state index < -0.39 is 0 Å². The lowest BCUT2D eigenvalue weighted by atomic mass is 10.1. The van der Waals surface area contributed by atoms with Gasteiger partial charge in [-0.15, -0.1) is 11.3 Å². The van der Waals surface area contributed by atoms with E-state index in [1.165, 1.54) is 4.88 Å². The van der Waals surface area contributed by atoms with Gasteiger partial charge in [0.2, 0.25) is 0 Å². The fraction of sp³-hybridized carbons (Fsp3) is 0.214. The average molecular weight is 276 g/mol. The molecule has 0 saturated carbocycles. The van der Waals surface area contributed by atoms with Gasteiger partial charge in [0.25, 0.3) is 0 Å². The Kier molecular flexibility index (Phi) is 4.06. The van der Waals surface area contributed by atoms with E-state index in [1.807, 2.05) is 43.5 Å². The molecule has 100 valence electrons. The van der Waals surface area contributed by atoms with Gasteiger partial charge in [-0.2, -0.15) is 0 Å². The number of hydrogen-bond acceptors (Lipinski definition) is 4. The number of oxime groups is 1. The Balaban J connectivity index is 2.22. The van der Waals surface area contributed by atoms with Crippen molar-refractivity contribution in [3.8, 4) is 5.75 Å². The molecule has 0 aliphatic carbocycles. The van der Waals surface area contributed by atoms with E-state index in [4.69, 9.17) is 15.7 Å². The highest BCUT2D eigenvalue weighted by Crippen LogP contribution is 2.26. The van der Waals surface area contributed by atoms with E-state index in [-0.39, 0.29) is 5.84 Å². The number of ether oxygens (including phenoxy) is 1. The summed E-state index contributed by atoms with van der Waals surface area (Å²) < 4.78 is 5.85. The third kappa shape index (κ3) is 3.06. The molecule has 1 aromatic carbocycles. The third-order valence-corrected chi connectivity index (χ3v) is 3.65. The predicted molar refractivity (Wildman–Crippen MR) is 77.1 cm³/mol. The highest BCUT2D eigenvalue weighted by molar-refractivity contribution is 7.09. The van der Waals surface area contributed by atoms with Crippen molar-refractivity contribution in [3.05, 3.63) is 51.2 Å². The first-order chi connectivity index (χ1) is 9.11. The molecule has 1 heterocycles. The van der Waals surface area contributed by atoms with Crippen molar-refractivity contribution in [2.24, 2.45) is 10.9 Å². The van der Waals surface area contributed by atoms with E-state index in [1.54, 1.807) is 11.3 Å².